The molecule has 0 bridgehead atoms. The second-order valence-corrected chi connectivity index (χ2v) is 3.51. The van der Waals surface area contributed by atoms with Crippen molar-refractivity contribution in [3.63, 3.8) is 0 Å². The third-order valence-electron chi connectivity index (χ3n) is 2.38. The summed E-state index contributed by atoms with van der Waals surface area (Å²) in [5.41, 5.74) is 0.771. The van der Waals surface area contributed by atoms with Gasteiger partial charge >= 0.3 is 0 Å². The fourth-order valence-electron chi connectivity index (χ4n) is 1.41. The Hall–Kier alpha value is -2.35. The molecule has 0 amide bonds. The van der Waals surface area contributed by atoms with Gasteiger partial charge in [0.1, 0.15) is 29.8 Å². The predicted octanol–water partition coefficient (Wildman–Crippen LogP) is 2.01. The summed E-state index contributed by atoms with van der Waals surface area (Å²) in [6, 6.07) is 6.09. The molecule has 0 saturated carbocycles. The van der Waals surface area contributed by atoms with Gasteiger partial charge in [-0.1, -0.05) is 6.07 Å². The van der Waals surface area contributed by atoms with Crippen LogP contribution in [0.3, 0.4) is 0 Å². The molecule has 0 saturated heterocycles. The Morgan fingerprint density at radius 2 is 2.35 bits per heavy atom. The lowest BCUT2D eigenvalue weighted by Gasteiger charge is -2.08. The van der Waals surface area contributed by atoms with Crippen molar-refractivity contribution in [1.29, 1.82) is 5.26 Å². The molecule has 1 aromatic heterocycles. The summed E-state index contributed by atoms with van der Waals surface area (Å²) in [7, 11) is 1.84. The summed E-state index contributed by atoms with van der Waals surface area (Å²) in [6.45, 7) is 0.245. The lowest BCUT2D eigenvalue weighted by molar-refractivity contribution is 0.294. The monoisotopic (exact) mass is 231 g/mol. The highest BCUT2D eigenvalue weighted by molar-refractivity contribution is 5.43. The quantitative estimate of drug-likeness (QED) is 0.811. The maximum absolute atomic E-state index is 13.3. The number of aryl methyl sites for hydroxylation is 1. The normalized spacial score (nSPS) is 9.94. The number of rotatable bonds is 3. The fraction of sp³-hybridized carbons (Fsp3) is 0.167. The molecule has 0 fully saturated rings. The highest BCUT2D eigenvalue weighted by atomic mass is 19.1. The molecule has 5 heteroatoms. The van der Waals surface area contributed by atoms with E-state index in [4.69, 9.17) is 10.00 Å². The zero-order valence-corrected chi connectivity index (χ0v) is 9.22. The van der Waals surface area contributed by atoms with Gasteiger partial charge in [-0.15, -0.1) is 0 Å². The van der Waals surface area contributed by atoms with Crippen molar-refractivity contribution >= 4 is 0 Å². The van der Waals surface area contributed by atoms with Crippen LogP contribution in [0, 0.1) is 17.1 Å². The van der Waals surface area contributed by atoms with Gasteiger partial charge in [0.15, 0.2) is 0 Å². The minimum Gasteiger partial charge on any atom is -0.486 e. The molecule has 0 N–H and O–H groups in total. The van der Waals surface area contributed by atoms with Gasteiger partial charge in [0.25, 0.3) is 0 Å². The summed E-state index contributed by atoms with van der Waals surface area (Å²) in [5.74, 6) is -0.330. The molecule has 0 unspecified atom stereocenters. The van der Waals surface area contributed by atoms with Crippen molar-refractivity contribution < 1.29 is 9.13 Å². The molecule has 0 spiro atoms. The summed E-state index contributed by atoms with van der Waals surface area (Å²) >= 11 is 0. The number of ether oxygens (including phenoxy) is 1. The molecule has 1 heterocycles. The lowest BCUT2D eigenvalue weighted by Crippen LogP contribution is -2.02. The van der Waals surface area contributed by atoms with Crippen LogP contribution in [0.25, 0.3) is 0 Å². The van der Waals surface area contributed by atoms with Gasteiger partial charge < -0.3 is 9.30 Å². The van der Waals surface area contributed by atoms with Gasteiger partial charge in [-0.3, -0.25) is 0 Å². The number of aromatic nitrogens is 2. The van der Waals surface area contributed by atoms with Gasteiger partial charge in [0.2, 0.25) is 0 Å². The second kappa shape index (κ2) is 4.66. The summed E-state index contributed by atoms with van der Waals surface area (Å²) in [6.07, 6.45) is 3.31. The van der Waals surface area contributed by atoms with E-state index in [2.05, 4.69) is 4.98 Å². The van der Waals surface area contributed by atoms with Crippen molar-refractivity contribution in [3.8, 4) is 11.8 Å². The van der Waals surface area contributed by atoms with E-state index in [1.165, 1.54) is 12.1 Å². The van der Waals surface area contributed by atoms with Gasteiger partial charge in [-0.25, -0.2) is 9.37 Å². The topological polar surface area (TPSA) is 50.8 Å². The maximum Gasteiger partial charge on any atom is 0.144 e. The average molecular weight is 231 g/mol. The molecular formula is C12H10FN3O. The predicted molar refractivity (Wildman–Crippen MR) is 58.7 cm³/mol. The number of hydrogen-bond acceptors (Lipinski definition) is 3. The zero-order chi connectivity index (χ0) is 12.3. The number of hydrogen-bond donors (Lipinski definition) is 0. The highest BCUT2D eigenvalue weighted by Gasteiger charge is 2.09. The molecular weight excluding hydrogens is 221 g/mol. The van der Waals surface area contributed by atoms with Crippen LogP contribution < -0.4 is 4.74 Å². The molecule has 0 aliphatic carbocycles. The van der Waals surface area contributed by atoms with Crippen molar-refractivity contribution in [2.75, 3.05) is 0 Å². The molecule has 0 radical (unpaired) electrons. The van der Waals surface area contributed by atoms with Gasteiger partial charge in [0, 0.05) is 7.05 Å². The molecule has 2 rings (SSSR count). The molecule has 1 aromatic carbocycles. The first-order chi connectivity index (χ1) is 8.22. The Morgan fingerprint density at radius 3 is 3.00 bits per heavy atom. The highest BCUT2D eigenvalue weighted by Crippen LogP contribution is 2.21. The van der Waals surface area contributed by atoms with Crippen molar-refractivity contribution in [2.24, 2.45) is 7.05 Å². The third kappa shape index (κ3) is 2.26. The van der Waals surface area contributed by atoms with Crippen LogP contribution in [0.15, 0.2) is 30.7 Å². The van der Waals surface area contributed by atoms with Gasteiger partial charge in [-0.2, -0.15) is 5.26 Å². The number of halogens is 1. The number of nitrogens with zero attached hydrogens (tertiary/aromatic N) is 3. The van der Waals surface area contributed by atoms with E-state index in [9.17, 15) is 4.39 Å². The summed E-state index contributed by atoms with van der Waals surface area (Å²) < 4.78 is 20.5. The zero-order valence-electron chi connectivity index (χ0n) is 9.22. The number of benzene rings is 1. The SMILES string of the molecule is Cn1cncc1COc1cccc(F)c1C#N. The molecule has 86 valence electrons. The standard InChI is InChI=1S/C12H10FN3O/c1-16-8-15-6-9(16)7-17-12-4-2-3-11(13)10(12)5-14/h2-4,6,8H,7H2,1H3. The van der Waals surface area contributed by atoms with E-state index in [0.29, 0.717) is 0 Å². The minimum atomic E-state index is -0.574. The van der Waals surface area contributed by atoms with Crippen LogP contribution in [0.2, 0.25) is 0 Å². The van der Waals surface area contributed by atoms with Crippen LogP contribution in [-0.2, 0) is 13.7 Å². The van der Waals surface area contributed by atoms with E-state index in [1.807, 2.05) is 7.05 Å². The Bertz CT molecular complexity index is 571. The summed E-state index contributed by atoms with van der Waals surface area (Å²) in [5, 5.41) is 8.82. The Kier molecular flexibility index (Phi) is 3.06. The van der Waals surface area contributed by atoms with E-state index in [1.54, 1.807) is 29.2 Å². The Labute approximate surface area is 97.9 Å². The number of nitriles is 1. The second-order valence-electron chi connectivity index (χ2n) is 3.51. The van der Waals surface area contributed by atoms with E-state index < -0.39 is 5.82 Å². The molecule has 17 heavy (non-hydrogen) atoms. The first-order valence-electron chi connectivity index (χ1n) is 4.99. The first kappa shape index (κ1) is 11.1. The van der Waals surface area contributed by atoms with Crippen LogP contribution in [0.5, 0.6) is 5.75 Å². The fourth-order valence-corrected chi connectivity index (χ4v) is 1.41. The Balaban J connectivity index is 2.18. The maximum atomic E-state index is 13.3. The Morgan fingerprint density at radius 1 is 1.53 bits per heavy atom. The van der Waals surface area contributed by atoms with Crippen LogP contribution in [-0.4, -0.2) is 9.55 Å². The molecule has 4 nitrogen and oxygen atoms in total. The van der Waals surface area contributed by atoms with Crippen molar-refractivity contribution in [2.45, 2.75) is 6.61 Å². The van der Waals surface area contributed by atoms with E-state index in [0.717, 1.165) is 5.69 Å². The molecule has 0 aliphatic rings. The third-order valence-corrected chi connectivity index (χ3v) is 2.38. The van der Waals surface area contributed by atoms with Crippen LogP contribution in [0.4, 0.5) is 4.39 Å². The van der Waals surface area contributed by atoms with Crippen LogP contribution in [0.1, 0.15) is 11.3 Å². The van der Waals surface area contributed by atoms with Crippen molar-refractivity contribution in [1.82, 2.24) is 9.55 Å². The van der Waals surface area contributed by atoms with Crippen molar-refractivity contribution in [3.05, 3.63) is 47.8 Å². The number of imidazole rings is 1. The van der Waals surface area contributed by atoms with E-state index in [-0.39, 0.29) is 17.9 Å². The van der Waals surface area contributed by atoms with Gasteiger partial charge in [-0.05, 0) is 12.1 Å². The minimum absolute atomic E-state index is 0.0744. The van der Waals surface area contributed by atoms with Gasteiger partial charge in [0.05, 0.1) is 18.2 Å². The average Bonchev–Trinajstić information content (AvgIpc) is 2.72. The smallest absolute Gasteiger partial charge is 0.144 e. The first-order valence-corrected chi connectivity index (χ1v) is 4.99. The van der Waals surface area contributed by atoms with E-state index >= 15 is 0 Å². The molecule has 2 aromatic rings. The largest absolute Gasteiger partial charge is 0.486 e. The van der Waals surface area contributed by atoms with Crippen LogP contribution >= 0.6 is 0 Å². The summed E-state index contributed by atoms with van der Waals surface area (Å²) in [4.78, 5) is 3.94. The molecule has 0 aliphatic heterocycles. The molecule has 0 atom stereocenters. The lowest BCUT2D eigenvalue weighted by atomic mass is 10.2.